The SMILES string of the molecule is CC(NS(C)(=O)=O)C(=O)N1CCC(N2CCc3ccccc3C2)CC1. The third-order valence-corrected chi connectivity index (χ3v) is 6.00. The number of likely N-dealkylation sites (tertiary alicyclic amines) is 1. The maximum Gasteiger partial charge on any atom is 0.240 e. The summed E-state index contributed by atoms with van der Waals surface area (Å²) in [6, 6.07) is 8.41. The van der Waals surface area contributed by atoms with Crippen molar-refractivity contribution in [3.63, 3.8) is 0 Å². The summed E-state index contributed by atoms with van der Waals surface area (Å²) in [4.78, 5) is 16.7. The molecule has 2 aliphatic heterocycles. The van der Waals surface area contributed by atoms with Gasteiger partial charge in [-0.3, -0.25) is 9.69 Å². The lowest BCUT2D eigenvalue weighted by atomic mass is 9.95. The monoisotopic (exact) mass is 365 g/mol. The van der Waals surface area contributed by atoms with Crippen molar-refractivity contribution < 1.29 is 13.2 Å². The molecule has 0 radical (unpaired) electrons. The lowest BCUT2D eigenvalue weighted by Gasteiger charge is -2.41. The molecule has 2 heterocycles. The summed E-state index contributed by atoms with van der Waals surface area (Å²) in [5.41, 5.74) is 2.87. The molecule has 1 aromatic rings. The highest BCUT2D eigenvalue weighted by Gasteiger charge is 2.30. The van der Waals surface area contributed by atoms with Crippen molar-refractivity contribution in [1.29, 1.82) is 0 Å². The van der Waals surface area contributed by atoms with Gasteiger partial charge in [0, 0.05) is 32.2 Å². The molecule has 7 heteroatoms. The van der Waals surface area contributed by atoms with Crippen LogP contribution in [0.25, 0.3) is 0 Å². The molecule has 2 aliphatic rings. The summed E-state index contributed by atoms with van der Waals surface area (Å²) in [7, 11) is -3.37. The first-order chi connectivity index (χ1) is 11.8. The first-order valence-corrected chi connectivity index (χ1v) is 10.8. The summed E-state index contributed by atoms with van der Waals surface area (Å²) in [6.07, 6.45) is 4.06. The molecule has 0 saturated carbocycles. The van der Waals surface area contributed by atoms with Gasteiger partial charge in [0.15, 0.2) is 0 Å². The molecular weight excluding hydrogens is 338 g/mol. The van der Waals surface area contributed by atoms with Crippen molar-refractivity contribution >= 4 is 15.9 Å². The number of rotatable bonds is 4. The van der Waals surface area contributed by atoms with E-state index in [1.807, 2.05) is 0 Å². The van der Waals surface area contributed by atoms with Crippen molar-refractivity contribution in [3.8, 4) is 0 Å². The Morgan fingerprint density at radius 2 is 1.80 bits per heavy atom. The zero-order valence-corrected chi connectivity index (χ0v) is 15.8. The van der Waals surface area contributed by atoms with E-state index in [4.69, 9.17) is 0 Å². The number of nitrogens with one attached hydrogen (secondary N) is 1. The van der Waals surface area contributed by atoms with Gasteiger partial charge in [-0.15, -0.1) is 0 Å². The Morgan fingerprint density at radius 3 is 2.44 bits per heavy atom. The predicted molar refractivity (Wildman–Crippen MR) is 97.6 cm³/mol. The summed E-state index contributed by atoms with van der Waals surface area (Å²) >= 11 is 0. The predicted octanol–water partition coefficient (Wildman–Crippen LogP) is 0.973. The molecule has 25 heavy (non-hydrogen) atoms. The number of benzene rings is 1. The van der Waals surface area contributed by atoms with Crippen molar-refractivity contribution in [3.05, 3.63) is 35.4 Å². The number of carbonyl (C=O) groups excluding carboxylic acids is 1. The Morgan fingerprint density at radius 1 is 1.16 bits per heavy atom. The van der Waals surface area contributed by atoms with Crippen LogP contribution in [0.5, 0.6) is 0 Å². The van der Waals surface area contributed by atoms with E-state index in [-0.39, 0.29) is 5.91 Å². The molecule has 0 spiro atoms. The minimum absolute atomic E-state index is 0.132. The van der Waals surface area contributed by atoms with Crippen LogP contribution < -0.4 is 4.72 Å². The Kier molecular flexibility index (Phi) is 5.46. The minimum atomic E-state index is -3.37. The third kappa shape index (κ3) is 4.59. The number of carbonyl (C=O) groups is 1. The van der Waals surface area contributed by atoms with Crippen LogP contribution in [0.2, 0.25) is 0 Å². The fourth-order valence-corrected chi connectivity index (χ4v) is 4.67. The van der Waals surface area contributed by atoms with E-state index in [2.05, 4.69) is 33.9 Å². The molecule has 1 unspecified atom stereocenters. The van der Waals surface area contributed by atoms with Crippen LogP contribution in [0, 0.1) is 0 Å². The van der Waals surface area contributed by atoms with E-state index in [9.17, 15) is 13.2 Å². The molecule has 0 bridgehead atoms. The summed E-state index contributed by atoms with van der Waals surface area (Å²) in [6.45, 7) is 5.05. The standard InChI is InChI=1S/C18H27N3O3S/c1-14(19-25(2,23)24)18(22)20-11-8-17(9-12-20)21-10-7-15-5-3-4-6-16(15)13-21/h3-6,14,17,19H,7-13H2,1-2H3. The van der Waals surface area contributed by atoms with Gasteiger partial charge in [-0.05, 0) is 37.3 Å². The second-order valence-corrected chi connectivity index (χ2v) is 8.94. The molecule has 138 valence electrons. The highest BCUT2D eigenvalue weighted by Crippen LogP contribution is 2.25. The van der Waals surface area contributed by atoms with Gasteiger partial charge in [0.2, 0.25) is 15.9 Å². The van der Waals surface area contributed by atoms with E-state index < -0.39 is 16.1 Å². The first kappa shape index (κ1) is 18.4. The fraction of sp³-hybridized carbons (Fsp3) is 0.611. The number of hydrogen-bond donors (Lipinski definition) is 1. The van der Waals surface area contributed by atoms with E-state index >= 15 is 0 Å². The zero-order chi connectivity index (χ0) is 18.0. The molecule has 1 N–H and O–H groups in total. The smallest absolute Gasteiger partial charge is 0.240 e. The topological polar surface area (TPSA) is 69.7 Å². The Hall–Kier alpha value is -1.44. The summed E-state index contributed by atoms with van der Waals surface area (Å²) in [5, 5.41) is 0. The van der Waals surface area contributed by atoms with Crippen LogP contribution >= 0.6 is 0 Å². The number of amides is 1. The maximum atomic E-state index is 12.4. The molecule has 1 atom stereocenters. The van der Waals surface area contributed by atoms with Crippen LogP contribution in [0.15, 0.2) is 24.3 Å². The molecular formula is C18H27N3O3S. The van der Waals surface area contributed by atoms with Gasteiger partial charge in [-0.1, -0.05) is 24.3 Å². The number of hydrogen-bond acceptors (Lipinski definition) is 4. The average Bonchev–Trinajstić information content (AvgIpc) is 2.59. The van der Waals surface area contributed by atoms with Gasteiger partial charge >= 0.3 is 0 Å². The van der Waals surface area contributed by atoms with Gasteiger partial charge in [0.05, 0.1) is 12.3 Å². The molecule has 1 aromatic carbocycles. The number of piperidine rings is 1. The third-order valence-electron chi connectivity index (χ3n) is 5.21. The van der Waals surface area contributed by atoms with Gasteiger partial charge < -0.3 is 4.90 Å². The number of nitrogens with zero attached hydrogens (tertiary/aromatic N) is 2. The maximum absolute atomic E-state index is 12.4. The highest BCUT2D eigenvalue weighted by atomic mass is 32.2. The average molecular weight is 365 g/mol. The van der Waals surface area contributed by atoms with Crippen LogP contribution in [-0.2, 0) is 27.8 Å². The lowest BCUT2D eigenvalue weighted by molar-refractivity contribution is -0.134. The normalized spacial score (nSPS) is 21.0. The molecule has 0 aliphatic carbocycles. The fourth-order valence-electron chi connectivity index (χ4n) is 3.93. The van der Waals surface area contributed by atoms with Crippen molar-refractivity contribution in [2.75, 3.05) is 25.9 Å². The van der Waals surface area contributed by atoms with Crippen LogP contribution in [0.3, 0.4) is 0 Å². The van der Waals surface area contributed by atoms with E-state index in [1.165, 1.54) is 11.1 Å². The van der Waals surface area contributed by atoms with Gasteiger partial charge in [-0.2, -0.15) is 0 Å². The quantitative estimate of drug-likeness (QED) is 0.863. The largest absolute Gasteiger partial charge is 0.341 e. The molecule has 0 aromatic heterocycles. The molecule has 1 fully saturated rings. The van der Waals surface area contributed by atoms with Crippen molar-refractivity contribution in [2.45, 2.75) is 44.8 Å². The van der Waals surface area contributed by atoms with Gasteiger partial charge in [0.25, 0.3) is 0 Å². The van der Waals surface area contributed by atoms with Crippen molar-refractivity contribution in [2.24, 2.45) is 0 Å². The molecule has 3 rings (SSSR count). The number of fused-ring (bicyclic) bond motifs is 1. The Bertz CT molecular complexity index is 727. The minimum Gasteiger partial charge on any atom is -0.341 e. The molecule has 6 nitrogen and oxygen atoms in total. The summed E-state index contributed by atoms with van der Waals surface area (Å²) < 4.78 is 25.0. The van der Waals surface area contributed by atoms with Gasteiger partial charge in [-0.25, -0.2) is 13.1 Å². The van der Waals surface area contributed by atoms with E-state index in [0.717, 1.165) is 38.6 Å². The second-order valence-electron chi connectivity index (χ2n) is 7.16. The number of sulfonamides is 1. The van der Waals surface area contributed by atoms with Gasteiger partial charge in [0.1, 0.15) is 0 Å². The second kappa shape index (κ2) is 7.43. The lowest BCUT2D eigenvalue weighted by Crippen LogP contribution is -2.52. The summed E-state index contributed by atoms with van der Waals surface area (Å²) in [5.74, 6) is -0.132. The van der Waals surface area contributed by atoms with Crippen LogP contribution in [0.1, 0.15) is 30.9 Å². The Balaban J connectivity index is 1.53. The van der Waals surface area contributed by atoms with E-state index in [0.29, 0.717) is 19.1 Å². The van der Waals surface area contributed by atoms with E-state index in [1.54, 1.807) is 11.8 Å². The molecule has 1 amide bonds. The first-order valence-electron chi connectivity index (χ1n) is 8.90. The highest BCUT2D eigenvalue weighted by molar-refractivity contribution is 7.88. The van der Waals surface area contributed by atoms with Crippen LogP contribution in [0.4, 0.5) is 0 Å². The zero-order valence-electron chi connectivity index (χ0n) is 14.9. The molecule has 1 saturated heterocycles. The van der Waals surface area contributed by atoms with Crippen LogP contribution in [-0.4, -0.2) is 62.1 Å². The Labute approximate surface area is 150 Å². The van der Waals surface area contributed by atoms with Crippen molar-refractivity contribution in [1.82, 2.24) is 14.5 Å².